The molecule has 0 aliphatic carbocycles. The number of piperidine rings is 1. The summed E-state index contributed by atoms with van der Waals surface area (Å²) in [5.41, 5.74) is 0.521. The molecule has 0 saturated carbocycles. The second kappa shape index (κ2) is 7.77. The Balaban J connectivity index is 0.00000208. The average Bonchev–Trinajstić information content (AvgIpc) is 2.62. The number of likely N-dealkylation sites (tertiary alicyclic amines) is 1. The van der Waals surface area contributed by atoms with Crippen LogP contribution in [0.15, 0.2) is 29.1 Å². The van der Waals surface area contributed by atoms with Crippen molar-refractivity contribution >= 4 is 29.2 Å². The van der Waals surface area contributed by atoms with Crippen LogP contribution < -0.4 is 10.7 Å². The minimum atomic E-state index is -0.276. The molecule has 0 radical (unpaired) electrons. The number of benzene rings is 1. The number of aryl methyl sites for hydroxylation is 1. The Morgan fingerprint density at radius 1 is 1.38 bits per heavy atom. The lowest BCUT2D eigenvalue weighted by molar-refractivity contribution is 0.0688. The molecule has 1 atom stereocenters. The van der Waals surface area contributed by atoms with E-state index in [0.717, 1.165) is 18.4 Å². The molecule has 2 heterocycles. The third-order valence-electron chi connectivity index (χ3n) is 4.48. The number of fused-ring (bicyclic) bond motifs is 1. The normalized spacial score (nSPS) is 17.6. The van der Waals surface area contributed by atoms with Crippen LogP contribution in [-0.2, 0) is 6.54 Å². The SMILES string of the molecule is CCn1nc(C(=O)N2CCCC(NC)C2)c(=O)c2ccccc21.Cl. The zero-order chi connectivity index (χ0) is 16.4. The largest absolute Gasteiger partial charge is 0.336 e. The van der Waals surface area contributed by atoms with Gasteiger partial charge in [-0.1, -0.05) is 12.1 Å². The van der Waals surface area contributed by atoms with Gasteiger partial charge in [0.25, 0.3) is 5.91 Å². The fourth-order valence-corrected chi connectivity index (χ4v) is 3.17. The molecule has 24 heavy (non-hydrogen) atoms. The Labute approximate surface area is 147 Å². The van der Waals surface area contributed by atoms with Gasteiger partial charge in [-0.05, 0) is 38.9 Å². The summed E-state index contributed by atoms with van der Waals surface area (Å²) in [6.07, 6.45) is 1.98. The van der Waals surface area contributed by atoms with E-state index in [0.29, 0.717) is 25.0 Å². The molecule has 1 N–H and O–H groups in total. The molecule has 1 aliphatic rings. The van der Waals surface area contributed by atoms with E-state index in [2.05, 4.69) is 10.4 Å². The number of amides is 1. The first kappa shape index (κ1) is 18.4. The maximum Gasteiger partial charge on any atom is 0.278 e. The molecular weight excluding hydrogens is 328 g/mol. The van der Waals surface area contributed by atoms with Crippen LogP contribution in [0, 0.1) is 0 Å². The lowest BCUT2D eigenvalue weighted by Gasteiger charge is -2.32. The molecular formula is C17H23ClN4O2. The summed E-state index contributed by atoms with van der Waals surface area (Å²) in [4.78, 5) is 27.2. The second-order valence-electron chi connectivity index (χ2n) is 5.89. The molecule has 0 bridgehead atoms. The van der Waals surface area contributed by atoms with Crippen LogP contribution in [0.1, 0.15) is 30.3 Å². The highest BCUT2D eigenvalue weighted by Gasteiger charge is 2.27. The van der Waals surface area contributed by atoms with Crippen molar-refractivity contribution in [1.29, 1.82) is 0 Å². The summed E-state index contributed by atoms with van der Waals surface area (Å²) in [5.74, 6) is -0.261. The van der Waals surface area contributed by atoms with Crippen LogP contribution in [0.25, 0.3) is 10.9 Å². The number of nitrogens with zero attached hydrogens (tertiary/aromatic N) is 3. The molecule has 2 aromatic rings. The fourth-order valence-electron chi connectivity index (χ4n) is 3.17. The van der Waals surface area contributed by atoms with Crippen molar-refractivity contribution in [2.75, 3.05) is 20.1 Å². The molecule has 7 heteroatoms. The summed E-state index contributed by atoms with van der Waals surface area (Å²) >= 11 is 0. The lowest BCUT2D eigenvalue weighted by atomic mass is 10.1. The van der Waals surface area contributed by atoms with Crippen molar-refractivity contribution in [3.8, 4) is 0 Å². The molecule has 1 unspecified atom stereocenters. The number of aromatic nitrogens is 2. The Hall–Kier alpha value is -1.92. The van der Waals surface area contributed by atoms with E-state index in [4.69, 9.17) is 0 Å². The number of hydrogen-bond acceptors (Lipinski definition) is 4. The van der Waals surface area contributed by atoms with Crippen LogP contribution in [0.5, 0.6) is 0 Å². The first-order chi connectivity index (χ1) is 11.2. The smallest absolute Gasteiger partial charge is 0.278 e. The number of carbonyl (C=O) groups excluding carboxylic acids is 1. The van der Waals surface area contributed by atoms with Crippen molar-refractivity contribution in [1.82, 2.24) is 20.0 Å². The van der Waals surface area contributed by atoms with Gasteiger partial charge in [0, 0.05) is 31.1 Å². The zero-order valence-electron chi connectivity index (χ0n) is 14.0. The van der Waals surface area contributed by atoms with Crippen molar-refractivity contribution in [3.05, 3.63) is 40.2 Å². The van der Waals surface area contributed by atoms with Gasteiger partial charge >= 0.3 is 0 Å². The molecule has 1 aliphatic heterocycles. The topological polar surface area (TPSA) is 67.2 Å². The van der Waals surface area contributed by atoms with E-state index in [9.17, 15) is 9.59 Å². The Morgan fingerprint density at radius 3 is 2.83 bits per heavy atom. The molecule has 1 amide bonds. The minimum Gasteiger partial charge on any atom is -0.336 e. The van der Waals surface area contributed by atoms with Crippen molar-refractivity contribution in [2.45, 2.75) is 32.4 Å². The number of likely N-dealkylation sites (N-methyl/N-ethyl adjacent to an activating group) is 1. The quantitative estimate of drug-likeness (QED) is 0.914. The van der Waals surface area contributed by atoms with Gasteiger partial charge in [-0.3, -0.25) is 14.3 Å². The molecule has 3 rings (SSSR count). The van der Waals surface area contributed by atoms with E-state index in [1.807, 2.05) is 32.2 Å². The Kier molecular flexibility index (Phi) is 5.96. The summed E-state index contributed by atoms with van der Waals surface area (Å²) in [5, 5.41) is 8.10. The predicted octanol–water partition coefficient (Wildman–Crippen LogP) is 1.66. The first-order valence-electron chi connectivity index (χ1n) is 8.12. The van der Waals surface area contributed by atoms with E-state index in [1.165, 1.54) is 0 Å². The van der Waals surface area contributed by atoms with Gasteiger partial charge in [0.05, 0.1) is 5.52 Å². The summed E-state index contributed by atoms with van der Waals surface area (Å²) in [6, 6.07) is 7.59. The van der Waals surface area contributed by atoms with Gasteiger partial charge in [-0.25, -0.2) is 0 Å². The van der Waals surface area contributed by atoms with Gasteiger partial charge in [0.1, 0.15) is 0 Å². The average molecular weight is 351 g/mol. The van der Waals surface area contributed by atoms with Gasteiger partial charge < -0.3 is 10.2 Å². The second-order valence-corrected chi connectivity index (χ2v) is 5.89. The number of para-hydroxylation sites is 1. The predicted molar refractivity (Wildman–Crippen MR) is 96.9 cm³/mol. The Morgan fingerprint density at radius 2 is 2.12 bits per heavy atom. The zero-order valence-corrected chi connectivity index (χ0v) is 14.8. The van der Waals surface area contributed by atoms with Gasteiger partial charge in [0.15, 0.2) is 5.69 Å². The first-order valence-corrected chi connectivity index (χ1v) is 8.12. The van der Waals surface area contributed by atoms with Gasteiger partial charge in [0.2, 0.25) is 5.43 Å². The molecule has 6 nitrogen and oxygen atoms in total. The standard InChI is InChI=1S/C17H22N4O2.ClH/c1-3-21-14-9-5-4-8-13(14)16(22)15(19-21)17(23)20-10-6-7-12(11-20)18-2;/h4-5,8-9,12,18H,3,6-7,10-11H2,1-2H3;1H. The monoisotopic (exact) mass is 350 g/mol. The molecule has 130 valence electrons. The van der Waals surface area contributed by atoms with Crippen LogP contribution in [0.2, 0.25) is 0 Å². The van der Waals surface area contributed by atoms with E-state index in [-0.39, 0.29) is 35.5 Å². The van der Waals surface area contributed by atoms with Gasteiger partial charge in [-0.15, -0.1) is 12.4 Å². The van der Waals surface area contributed by atoms with Crippen LogP contribution in [0.3, 0.4) is 0 Å². The highest BCUT2D eigenvalue weighted by molar-refractivity contribution is 5.95. The van der Waals surface area contributed by atoms with Gasteiger partial charge in [-0.2, -0.15) is 5.10 Å². The van der Waals surface area contributed by atoms with Crippen LogP contribution >= 0.6 is 12.4 Å². The fraction of sp³-hybridized carbons (Fsp3) is 0.471. The molecule has 1 aromatic heterocycles. The molecule has 1 saturated heterocycles. The minimum absolute atomic E-state index is 0. The number of hydrogen-bond donors (Lipinski definition) is 1. The number of nitrogens with one attached hydrogen (secondary N) is 1. The molecule has 1 fully saturated rings. The van der Waals surface area contributed by atoms with Crippen LogP contribution in [-0.4, -0.2) is 46.8 Å². The van der Waals surface area contributed by atoms with E-state index >= 15 is 0 Å². The number of carbonyl (C=O) groups is 1. The van der Waals surface area contributed by atoms with E-state index < -0.39 is 0 Å². The number of halogens is 1. The maximum atomic E-state index is 12.8. The Bertz CT molecular complexity index is 790. The maximum absolute atomic E-state index is 12.8. The number of rotatable bonds is 3. The van der Waals surface area contributed by atoms with Crippen molar-refractivity contribution in [2.24, 2.45) is 0 Å². The summed E-state index contributed by atoms with van der Waals surface area (Å²) in [7, 11) is 1.90. The lowest BCUT2D eigenvalue weighted by Crippen LogP contribution is -2.48. The summed E-state index contributed by atoms with van der Waals surface area (Å²) < 4.78 is 1.73. The third kappa shape index (κ3) is 3.30. The van der Waals surface area contributed by atoms with Crippen molar-refractivity contribution < 1.29 is 4.79 Å². The third-order valence-corrected chi connectivity index (χ3v) is 4.48. The van der Waals surface area contributed by atoms with E-state index in [1.54, 1.807) is 15.6 Å². The highest BCUT2D eigenvalue weighted by atomic mass is 35.5. The summed E-state index contributed by atoms with van der Waals surface area (Å²) in [6.45, 7) is 3.86. The molecule has 0 spiro atoms. The highest BCUT2D eigenvalue weighted by Crippen LogP contribution is 2.14. The molecule has 1 aromatic carbocycles. The van der Waals surface area contributed by atoms with Crippen LogP contribution in [0.4, 0.5) is 0 Å². The van der Waals surface area contributed by atoms with Crippen molar-refractivity contribution in [3.63, 3.8) is 0 Å².